The first-order chi connectivity index (χ1) is 17.1. The molecular formula is C27H20F3NO4S. The molecule has 1 N–H and O–H groups in total. The number of nitrogens with one attached hydrogen (secondary N) is 1. The highest BCUT2D eigenvalue weighted by Crippen LogP contribution is 2.31. The number of ether oxygens (including phenoxy) is 1. The van der Waals surface area contributed by atoms with Crippen LogP contribution in [-0.4, -0.2) is 14.3 Å². The van der Waals surface area contributed by atoms with Gasteiger partial charge in [0.05, 0.1) is 10.5 Å². The van der Waals surface area contributed by atoms with Crippen molar-refractivity contribution in [1.82, 2.24) is 4.72 Å². The van der Waals surface area contributed by atoms with Crippen LogP contribution in [-0.2, 0) is 22.8 Å². The zero-order valence-electron chi connectivity index (χ0n) is 18.7. The fraction of sp³-hybridized carbons (Fsp3) is 0.0741. The minimum Gasteiger partial charge on any atom is -0.489 e. The predicted octanol–water partition coefficient (Wildman–Crippen LogP) is 6.07. The van der Waals surface area contributed by atoms with E-state index >= 15 is 0 Å². The van der Waals surface area contributed by atoms with Gasteiger partial charge in [0.25, 0.3) is 15.9 Å². The van der Waals surface area contributed by atoms with Gasteiger partial charge >= 0.3 is 6.18 Å². The minimum atomic E-state index is -4.46. The summed E-state index contributed by atoms with van der Waals surface area (Å²) in [4.78, 5) is 12.6. The Balaban J connectivity index is 1.44. The van der Waals surface area contributed by atoms with Gasteiger partial charge in [-0.3, -0.25) is 4.79 Å². The van der Waals surface area contributed by atoms with E-state index in [0.717, 1.165) is 17.7 Å². The van der Waals surface area contributed by atoms with E-state index in [1.807, 2.05) is 22.9 Å². The molecule has 36 heavy (non-hydrogen) atoms. The van der Waals surface area contributed by atoms with E-state index in [2.05, 4.69) is 0 Å². The second-order valence-electron chi connectivity index (χ2n) is 7.84. The van der Waals surface area contributed by atoms with Crippen molar-refractivity contribution in [2.24, 2.45) is 0 Å². The quantitative estimate of drug-likeness (QED) is 0.327. The highest BCUT2D eigenvalue weighted by molar-refractivity contribution is 7.90. The van der Waals surface area contributed by atoms with Crippen LogP contribution in [0.4, 0.5) is 13.2 Å². The molecule has 0 aliphatic heterocycles. The summed E-state index contributed by atoms with van der Waals surface area (Å²) in [6, 6.07) is 25.5. The summed E-state index contributed by atoms with van der Waals surface area (Å²) in [5, 5.41) is 0. The van der Waals surface area contributed by atoms with Gasteiger partial charge in [0, 0.05) is 5.56 Å². The molecule has 0 heterocycles. The summed E-state index contributed by atoms with van der Waals surface area (Å²) in [5.74, 6) is -0.180. The molecule has 0 aromatic heterocycles. The Hall–Kier alpha value is -4.11. The molecule has 0 aliphatic carbocycles. The lowest BCUT2D eigenvalue weighted by atomic mass is 10.0. The third-order valence-electron chi connectivity index (χ3n) is 5.28. The first-order valence-corrected chi connectivity index (χ1v) is 12.2. The lowest BCUT2D eigenvalue weighted by Crippen LogP contribution is -2.30. The molecule has 0 spiro atoms. The largest absolute Gasteiger partial charge is 0.489 e. The van der Waals surface area contributed by atoms with Crippen molar-refractivity contribution in [3.05, 3.63) is 120 Å². The number of carbonyl (C=O) groups is 1. The van der Waals surface area contributed by atoms with Crippen molar-refractivity contribution in [3.63, 3.8) is 0 Å². The van der Waals surface area contributed by atoms with Gasteiger partial charge in [0.2, 0.25) is 0 Å². The number of sulfonamides is 1. The summed E-state index contributed by atoms with van der Waals surface area (Å²) in [5.41, 5.74) is 0.923. The second kappa shape index (κ2) is 10.2. The van der Waals surface area contributed by atoms with Gasteiger partial charge in [-0.05, 0) is 65.2 Å². The summed E-state index contributed by atoms with van der Waals surface area (Å²) < 4.78 is 71.5. The van der Waals surface area contributed by atoms with Crippen LogP contribution in [0.1, 0.15) is 21.5 Å². The molecule has 0 bridgehead atoms. The first-order valence-electron chi connectivity index (χ1n) is 10.7. The van der Waals surface area contributed by atoms with Crippen LogP contribution in [0.25, 0.3) is 11.1 Å². The molecular weight excluding hydrogens is 491 g/mol. The average molecular weight is 512 g/mol. The molecule has 4 aromatic rings. The van der Waals surface area contributed by atoms with E-state index in [-0.39, 0.29) is 17.1 Å². The van der Waals surface area contributed by atoms with Gasteiger partial charge in [-0.15, -0.1) is 0 Å². The molecule has 0 aliphatic rings. The highest BCUT2D eigenvalue weighted by Gasteiger charge is 2.30. The van der Waals surface area contributed by atoms with Crippen molar-refractivity contribution in [2.45, 2.75) is 17.7 Å². The van der Waals surface area contributed by atoms with Crippen molar-refractivity contribution in [3.8, 4) is 16.9 Å². The molecule has 9 heteroatoms. The Morgan fingerprint density at radius 3 is 2.08 bits per heavy atom. The van der Waals surface area contributed by atoms with Gasteiger partial charge in [0.15, 0.2) is 0 Å². The number of para-hydroxylation sites is 1. The van der Waals surface area contributed by atoms with Crippen LogP contribution in [0, 0.1) is 0 Å². The molecule has 0 atom stereocenters. The van der Waals surface area contributed by atoms with E-state index in [9.17, 15) is 26.4 Å². The van der Waals surface area contributed by atoms with E-state index in [1.54, 1.807) is 30.3 Å². The summed E-state index contributed by atoms with van der Waals surface area (Å²) in [7, 11) is -4.16. The predicted molar refractivity (Wildman–Crippen MR) is 129 cm³/mol. The Labute approximate surface area is 206 Å². The molecule has 4 aromatic carbocycles. The molecule has 0 fully saturated rings. The van der Waals surface area contributed by atoms with Crippen molar-refractivity contribution in [1.29, 1.82) is 0 Å². The van der Waals surface area contributed by atoms with Crippen LogP contribution < -0.4 is 9.46 Å². The Morgan fingerprint density at radius 1 is 0.778 bits per heavy atom. The molecule has 4 rings (SSSR count). The number of amides is 1. The summed E-state index contributed by atoms with van der Waals surface area (Å²) in [6.07, 6.45) is -4.46. The molecule has 0 saturated heterocycles. The van der Waals surface area contributed by atoms with Crippen molar-refractivity contribution >= 4 is 15.9 Å². The van der Waals surface area contributed by atoms with Crippen LogP contribution in [0.3, 0.4) is 0 Å². The number of halogens is 3. The third-order valence-corrected chi connectivity index (χ3v) is 6.63. The highest BCUT2D eigenvalue weighted by atomic mass is 32.2. The Kier molecular flexibility index (Phi) is 7.12. The maximum atomic E-state index is 12.8. The lowest BCUT2D eigenvalue weighted by Gasteiger charge is -2.10. The van der Waals surface area contributed by atoms with Gasteiger partial charge in [-0.25, -0.2) is 13.1 Å². The second-order valence-corrected chi connectivity index (χ2v) is 9.52. The normalized spacial score (nSPS) is 11.6. The zero-order chi connectivity index (χ0) is 25.8. The number of alkyl halides is 3. The van der Waals surface area contributed by atoms with E-state index in [0.29, 0.717) is 16.9 Å². The standard InChI is InChI=1S/C27H20F3NO4S/c28-27(29,30)23-13-11-20(12-14-23)21-5-4-6-22(17-21)26(32)31-36(33,34)25-15-9-19(10-16-25)18-35-24-7-2-1-3-8-24/h1-17H,18H2,(H,31,32). The fourth-order valence-corrected chi connectivity index (χ4v) is 4.35. The van der Waals surface area contributed by atoms with Gasteiger partial charge in [-0.1, -0.05) is 54.6 Å². The average Bonchev–Trinajstić information content (AvgIpc) is 2.88. The number of hydrogen-bond donors (Lipinski definition) is 1. The summed E-state index contributed by atoms with van der Waals surface area (Å²) >= 11 is 0. The molecule has 0 radical (unpaired) electrons. The molecule has 184 valence electrons. The molecule has 0 saturated carbocycles. The lowest BCUT2D eigenvalue weighted by molar-refractivity contribution is -0.137. The molecule has 1 amide bonds. The van der Waals surface area contributed by atoms with Crippen LogP contribution in [0.2, 0.25) is 0 Å². The molecule has 0 unspecified atom stereocenters. The third kappa shape index (κ3) is 6.11. The van der Waals surface area contributed by atoms with Crippen molar-refractivity contribution in [2.75, 3.05) is 0 Å². The monoisotopic (exact) mass is 511 g/mol. The minimum absolute atomic E-state index is 0.0452. The number of benzene rings is 4. The summed E-state index contributed by atoms with van der Waals surface area (Å²) in [6.45, 7) is 0.243. The van der Waals surface area contributed by atoms with Gasteiger partial charge in [-0.2, -0.15) is 13.2 Å². The number of hydrogen-bond acceptors (Lipinski definition) is 4. The Morgan fingerprint density at radius 2 is 1.44 bits per heavy atom. The SMILES string of the molecule is O=C(NS(=O)(=O)c1ccc(COc2ccccc2)cc1)c1cccc(-c2ccc(C(F)(F)F)cc2)c1. The van der Waals surface area contributed by atoms with Crippen LogP contribution in [0.5, 0.6) is 5.75 Å². The number of rotatable bonds is 7. The van der Waals surface area contributed by atoms with Gasteiger partial charge < -0.3 is 4.74 Å². The maximum Gasteiger partial charge on any atom is 0.416 e. The Bertz CT molecular complexity index is 1450. The first kappa shape index (κ1) is 25.0. The van der Waals surface area contributed by atoms with Gasteiger partial charge in [0.1, 0.15) is 12.4 Å². The van der Waals surface area contributed by atoms with E-state index in [1.165, 1.54) is 42.5 Å². The fourth-order valence-electron chi connectivity index (χ4n) is 3.38. The van der Waals surface area contributed by atoms with Crippen LogP contribution in [0.15, 0.2) is 108 Å². The topological polar surface area (TPSA) is 72.5 Å². The number of carbonyl (C=O) groups excluding carboxylic acids is 1. The van der Waals surface area contributed by atoms with Crippen molar-refractivity contribution < 1.29 is 31.1 Å². The van der Waals surface area contributed by atoms with E-state index in [4.69, 9.17) is 4.74 Å². The smallest absolute Gasteiger partial charge is 0.416 e. The van der Waals surface area contributed by atoms with E-state index < -0.39 is 27.7 Å². The zero-order valence-corrected chi connectivity index (χ0v) is 19.5. The molecule has 5 nitrogen and oxygen atoms in total. The van der Waals surface area contributed by atoms with Crippen LogP contribution >= 0.6 is 0 Å². The maximum absolute atomic E-state index is 12.8.